The van der Waals surface area contributed by atoms with Crippen LogP contribution in [0.2, 0.25) is 0 Å². The molecule has 1 aliphatic carbocycles. The molecule has 0 radical (unpaired) electrons. The summed E-state index contributed by atoms with van der Waals surface area (Å²) in [5.41, 5.74) is 13.6. The zero-order valence-electron chi connectivity index (χ0n) is 17.8. The summed E-state index contributed by atoms with van der Waals surface area (Å²) in [7, 11) is 0. The molecule has 4 aromatic rings. The van der Waals surface area contributed by atoms with Crippen molar-refractivity contribution in [3.05, 3.63) is 143 Å². The Morgan fingerprint density at radius 1 is 0.613 bits per heavy atom. The van der Waals surface area contributed by atoms with Gasteiger partial charge in [-0.2, -0.15) is 0 Å². The summed E-state index contributed by atoms with van der Waals surface area (Å²) in [6, 6.07) is 31.1. The molecule has 0 saturated heterocycles. The normalized spacial score (nSPS) is 11.6. The van der Waals surface area contributed by atoms with Crippen LogP contribution < -0.4 is 0 Å². The molecule has 0 N–H and O–H groups in total. The van der Waals surface area contributed by atoms with E-state index in [2.05, 4.69) is 98.1 Å². The molecule has 0 nitrogen and oxygen atoms in total. The van der Waals surface area contributed by atoms with Gasteiger partial charge in [-0.3, -0.25) is 0 Å². The fourth-order valence-electron chi connectivity index (χ4n) is 4.68. The van der Waals surface area contributed by atoms with E-state index in [0.29, 0.717) is 0 Å². The van der Waals surface area contributed by atoms with Crippen LogP contribution in [0.25, 0.3) is 23.3 Å². The van der Waals surface area contributed by atoms with Crippen LogP contribution in [0.4, 0.5) is 0 Å². The molecular weight excluding hydrogens is 372 g/mol. The molecule has 1 aliphatic rings. The molecule has 0 saturated carbocycles. The Labute approximate surface area is 185 Å². The lowest BCUT2D eigenvalue weighted by molar-refractivity contribution is 1.05. The molecular formula is C31H26. The average Bonchev–Trinajstić information content (AvgIpc) is 3.20. The van der Waals surface area contributed by atoms with E-state index < -0.39 is 0 Å². The number of hydrogen-bond acceptors (Lipinski definition) is 0. The standard InChI is InChI=1S/C31H26/c1-3-22-9-13-24(14-10-22)19-27-17-18-29-28-8-6-5-7-26(28)21-31(29)30(27)20-25-15-11-23(4-2)12-16-25/h3-18H,1-2,19-21H2. The topological polar surface area (TPSA) is 0 Å². The minimum Gasteiger partial charge on any atom is -0.0985 e. The van der Waals surface area contributed by atoms with Crippen molar-refractivity contribution in [2.45, 2.75) is 19.3 Å². The molecule has 0 bridgehead atoms. The lowest BCUT2D eigenvalue weighted by Crippen LogP contribution is -2.02. The van der Waals surface area contributed by atoms with Crippen LogP contribution in [0.5, 0.6) is 0 Å². The van der Waals surface area contributed by atoms with Crippen LogP contribution in [0.15, 0.2) is 98.1 Å². The molecule has 150 valence electrons. The van der Waals surface area contributed by atoms with Gasteiger partial charge in [-0.05, 0) is 74.9 Å². The highest BCUT2D eigenvalue weighted by Gasteiger charge is 2.22. The second-order valence-electron chi connectivity index (χ2n) is 8.31. The van der Waals surface area contributed by atoms with Crippen LogP contribution in [0.3, 0.4) is 0 Å². The molecule has 0 aromatic heterocycles. The summed E-state index contributed by atoms with van der Waals surface area (Å²) < 4.78 is 0. The van der Waals surface area contributed by atoms with Gasteiger partial charge in [-0.1, -0.05) is 110 Å². The number of benzene rings is 4. The largest absolute Gasteiger partial charge is 0.0985 e. The summed E-state index contributed by atoms with van der Waals surface area (Å²) in [5, 5.41) is 0. The van der Waals surface area contributed by atoms with Gasteiger partial charge in [0.2, 0.25) is 0 Å². The zero-order valence-corrected chi connectivity index (χ0v) is 17.8. The highest BCUT2D eigenvalue weighted by molar-refractivity contribution is 5.79. The third-order valence-electron chi connectivity index (χ3n) is 6.41. The van der Waals surface area contributed by atoms with Gasteiger partial charge in [-0.25, -0.2) is 0 Å². The Hall–Kier alpha value is -3.64. The maximum absolute atomic E-state index is 3.88. The molecule has 0 unspecified atom stereocenters. The SMILES string of the molecule is C=Cc1ccc(Cc2ccc3c(c2Cc2ccc(C=C)cc2)Cc2ccccc2-3)cc1. The van der Waals surface area contributed by atoms with Gasteiger partial charge in [0, 0.05) is 0 Å². The summed E-state index contributed by atoms with van der Waals surface area (Å²) in [6.45, 7) is 7.75. The van der Waals surface area contributed by atoms with Gasteiger partial charge >= 0.3 is 0 Å². The second-order valence-corrected chi connectivity index (χ2v) is 8.31. The molecule has 0 heterocycles. The van der Waals surface area contributed by atoms with Crippen molar-refractivity contribution in [3.8, 4) is 11.1 Å². The zero-order chi connectivity index (χ0) is 21.2. The minimum absolute atomic E-state index is 0.946. The molecule has 0 amide bonds. The fraction of sp³-hybridized carbons (Fsp3) is 0.0968. The molecule has 0 aliphatic heterocycles. The molecule has 31 heavy (non-hydrogen) atoms. The van der Waals surface area contributed by atoms with Crippen LogP contribution in [-0.4, -0.2) is 0 Å². The fourth-order valence-corrected chi connectivity index (χ4v) is 4.68. The highest BCUT2D eigenvalue weighted by Crippen LogP contribution is 2.40. The quantitative estimate of drug-likeness (QED) is 0.274. The predicted octanol–water partition coefficient (Wildman–Crippen LogP) is 7.73. The predicted molar refractivity (Wildman–Crippen MR) is 133 cm³/mol. The van der Waals surface area contributed by atoms with Gasteiger partial charge < -0.3 is 0 Å². The van der Waals surface area contributed by atoms with E-state index in [1.165, 1.54) is 44.5 Å². The van der Waals surface area contributed by atoms with Crippen molar-refractivity contribution in [1.82, 2.24) is 0 Å². The van der Waals surface area contributed by atoms with Crippen LogP contribution in [0, 0.1) is 0 Å². The summed E-state index contributed by atoms with van der Waals surface area (Å²) in [5.74, 6) is 0. The average molecular weight is 399 g/mol. The molecule has 0 spiro atoms. The van der Waals surface area contributed by atoms with Crippen molar-refractivity contribution < 1.29 is 0 Å². The van der Waals surface area contributed by atoms with Crippen molar-refractivity contribution in [2.75, 3.05) is 0 Å². The Kier molecular flexibility index (Phi) is 5.14. The maximum atomic E-state index is 3.88. The number of rotatable bonds is 6. The van der Waals surface area contributed by atoms with Gasteiger partial charge in [0.05, 0.1) is 0 Å². The monoisotopic (exact) mass is 398 g/mol. The Morgan fingerprint density at radius 2 is 1.23 bits per heavy atom. The smallest absolute Gasteiger partial charge is 0.00105 e. The van der Waals surface area contributed by atoms with E-state index in [9.17, 15) is 0 Å². The third kappa shape index (κ3) is 3.78. The summed E-state index contributed by atoms with van der Waals surface area (Å²) >= 11 is 0. The Morgan fingerprint density at radius 3 is 1.87 bits per heavy atom. The summed E-state index contributed by atoms with van der Waals surface area (Å²) in [4.78, 5) is 0. The van der Waals surface area contributed by atoms with Crippen molar-refractivity contribution in [2.24, 2.45) is 0 Å². The number of hydrogen-bond donors (Lipinski definition) is 0. The van der Waals surface area contributed by atoms with E-state index in [1.807, 2.05) is 12.2 Å². The van der Waals surface area contributed by atoms with E-state index in [0.717, 1.165) is 30.4 Å². The van der Waals surface area contributed by atoms with Crippen LogP contribution >= 0.6 is 0 Å². The van der Waals surface area contributed by atoms with Crippen molar-refractivity contribution in [3.63, 3.8) is 0 Å². The molecule has 5 rings (SSSR count). The van der Waals surface area contributed by atoms with E-state index in [4.69, 9.17) is 0 Å². The lowest BCUT2D eigenvalue weighted by Gasteiger charge is -2.16. The van der Waals surface area contributed by atoms with Gasteiger partial charge in [-0.15, -0.1) is 0 Å². The van der Waals surface area contributed by atoms with E-state index >= 15 is 0 Å². The molecule has 0 atom stereocenters. The lowest BCUT2D eigenvalue weighted by atomic mass is 9.88. The first-order chi connectivity index (χ1) is 15.2. The Bertz CT molecular complexity index is 1250. The van der Waals surface area contributed by atoms with Crippen molar-refractivity contribution in [1.29, 1.82) is 0 Å². The van der Waals surface area contributed by atoms with Crippen LogP contribution in [-0.2, 0) is 19.3 Å². The minimum atomic E-state index is 0.946. The van der Waals surface area contributed by atoms with Crippen LogP contribution in [0.1, 0.15) is 44.5 Å². The van der Waals surface area contributed by atoms with Gasteiger partial charge in [0.1, 0.15) is 0 Å². The van der Waals surface area contributed by atoms with E-state index in [1.54, 1.807) is 0 Å². The maximum Gasteiger partial charge on any atom is -0.00105 e. The van der Waals surface area contributed by atoms with Gasteiger partial charge in [0.15, 0.2) is 0 Å². The third-order valence-corrected chi connectivity index (χ3v) is 6.41. The van der Waals surface area contributed by atoms with Crippen molar-refractivity contribution >= 4 is 12.2 Å². The summed E-state index contributed by atoms with van der Waals surface area (Å²) in [6.07, 6.45) is 6.72. The second kappa shape index (κ2) is 8.24. The van der Waals surface area contributed by atoms with Gasteiger partial charge in [0.25, 0.3) is 0 Å². The molecule has 0 heteroatoms. The first-order valence-electron chi connectivity index (χ1n) is 10.9. The first kappa shape index (κ1) is 19.3. The van der Waals surface area contributed by atoms with E-state index in [-0.39, 0.29) is 0 Å². The first-order valence-corrected chi connectivity index (χ1v) is 10.9. The Balaban J connectivity index is 1.57. The molecule has 4 aromatic carbocycles. The molecule has 0 fully saturated rings. The highest BCUT2D eigenvalue weighted by atomic mass is 14.3. The number of fused-ring (bicyclic) bond motifs is 3.